The van der Waals surface area contributed by atoms with Crippen LogP contribution in [0, 0.1) is 24.2 Å². The number of esters is 1. The first kappa shape index (κ1) is 25.9. The number of hydrogen-bond acceptors (Lipinski definition) is 5. The average molecular weight is 507 g/mol. The molecule has 2 fully saturated rings. The third kappa shape index (κ3) is 3.37. The second-order valence-electron chi connectivity index (χ2n) is 12.9. The molecule has 6 heteroatoms. The molecular formula is C31H38O6. The van der Waals surface area contributed by atoms with Gasteiger partial charge in [-0.15, -0.1) is 0 Å². The summed E-state index contributed by atoms with van der Waals surface area (Å²) < 4.78 is 12.6. The summed E-state index contributed by atoms with van der Waals surface area (Å²) in [6, 6.07) is 4.15. The van der Waals surface area contributed by atoms with Gasteiger partial charge in [0.15, 0.2) is 5.78 Å². The maximum absolute atomic E-state index is 13.9. The standard InChI is InChI=1S/C31H38O6/c1-16-13-31(19(4)17(2)27(35)37-31)36-23-15-29(7)21-10-9-20(28(5,6)12-11-24(33)34)18(3)25(21)22(32)14-30(29,8)26(16)23/h9-12,16,23,26H,13-15H2,1-8H3,(H,33,34)/b12-11+/t16-,23+,26+,29+,30-,31-/m1/s1. The monoisotopic (exact) mass is 506 g/mol. The predicted molar refractivity (Wildman–Crippen MR) is 139 cm³/mol. The Bertz CT molecular complexity index is 1300. The Morgan fingerprint density at radius 2 is 1.81 bits per heavy atom. The van der Waals surface area contributed by atoms with Crippen molar-refractivity contribution in [3.63, 3.8) is 0 Å². The van der Waals surface area contributed by atoms with Crippen LogP contribution < -0.4 is 0 Å². The third-order valence-corrected chi connectivity index (χ3v) is 10.5. The maximum atomic E-state index is 13.9. The molecule has 6 nitrogen and oxygen atoms in total. The fourth-order valence-electron chi connectivity index (χ4n) is 8.29. The highest BCUT2D eigenvalue weighted by atomic mass is 16.7. The number of ether oxygens (including phenoxy) is 2. The van der Waals surface area contributed by atoms with Crippen molar-refractivity contribution >= 4 is 17.7 Å². The highest BCUT2D eigenvalue weighted by molar-refractivity contribution is 6.02. The van der Waals surface area contributed by atoms with Gasteiger partial charge in [0.05, 0.1) is 6.10 Å². The van der Waals surface area contributed by atoms with Gasteiger partial charge < -0.3 is 14.6 Å². The average Bonchev–Trinajstić information content (AvgIpc) is 3.14. The second kappa shape index (κ2) is 7.89. The summed E-state index contributed by atoms with van der Waals surface area (Å²) in [7, 11) is 0. The van der Waals surface area contributed by atoms with Gasteiger partial charge >= 0.3 is 11.9 Å². The first-order valence-electron chi connectivity index (χ1n) is 13.3. The Kier molecular flexibility index (Phi) is 5.52. The third-order valence-electron chi connectivity index (χ3n) is 10.5. The first-order valence-corrected chi connectivity index (χ1v) is 13.3. The molecular weight excluding hydrogens is 468 g/mol. The molecule has 6 atom stereocenters. The number of benzene rings is 1. The zero-order chi connectivity index (χ0) is 27.3. The molecule has 0 bridgehead atoms. The number of carbonyl (C=O) groups is 3. The first-order chi connectivity index (χ1) is 17.1. The molecule has 1 aromatic carbocycles. The Hall–Kier alpha value is -2.73. The van der Waals surface area contributed by atoms with Gasteiger partial charge in [-0.3, -0.25) is 4.79 Å². The largest absolute Gasteiger partial charge is 0.478 e. The van der Waals surface area contributed by atoms with Crippen LogP contribution in [0.15, 0.2) is 35.4 Å². The van der Waals surface area contributed by atoms with Crippen LogP contribution in [0.2, 0.25) is 0 Å². The smallest absolute Gasteiger partial charge is 0.336 e. The van der Waals surface area contributed by atoms with E-state index >= 15 is 0 Å². The van der Waals surface area contributed by atoms with Gasteiger partial charge in [-0.05, 0) is 61.1 Å². The van der Waals surface area contributed by atoms with Crippen LogP contribution in [0.4, 0.5) is 0 Å². The van der Waals surface area contributed by atoms with Crippen molar-refractivity contribution in [2.24, 2.45) is 17.3 Å². The van der Waals surface area contributed by atoms with Gasteiger partial charge in [-0.2, -0.15) is 0 Å². The summed E-state index contributed by atoms with van der Waals surface area (Å²) >= 11 is 0. The summed E-state index contributed by atoms with van der Waals surface area (Å²) in [6.45, 7) is 16.4. The van der Waals surface area contributed by atoms with E-state index in [-0.39, 0.29) is 40.5 Å². The van der Waals surface area contributed by atoms with Crippen LogP contribution >= 0.6 is 0 Å². The number of Topliss-reactive ketones (excluding diaryl/α,β-unsaturated/α-hetero) is 1. The van der Waals surface area contributed by atoms with E-state index in [4.69, 9.17) is 14.6 Å². The van der Waals surface area contributed by atoms with Gasteiger partial charge in [0.25, 0.3) is 0 Å². The molecule has 0 unspecified atom stereocenters. The molecule has 0 aromatic heterocycles. The fourth-order valence-corrected chi connectivity index (χ4v) is 8.29. The number of carboxylic acid groups (broad SMARTS) is 1. The number of ketones is 1. The van der Waals surface area contributed by atoms with Gasteiger partial charge in [0.1, 0.15) is 0 Å². The molecule has 37 heavy (non-hydrogen) atoms. The van der Waals surface area contributed by atoms with Crippen LogP contribution in [0.1, 0.15) is 94.8 Å². The highest BCUT2D eigenvalue weighted by Gasteiger charge is 2.68. The molecule has 1 saturated carbocycles. The number of aliphatic carboxylic acids is 1. The molecule has 4 aliphatic rings. The van der Waals surface area contributed by atoms with Gasteiger partial charge in [0, 0.05) is 46.5 Å². The minimum atomic E-state index is -1.00. The Balaban J connectivity index is 1.59. The van der Waals surface area contributed by atoms with Crippen LogP contribution in [0.5, 0.6) is 0 Å². The van der Waals surface area contributed by atoms with Crippen molar-refractivity contribution < 1.29 is 29.0 Å². The van der Waals surface area contributed by atoms with Crippen molar-refractivity contribution in [2.45, 2.75) is 97.4 Å². The molecule has 0 amide bonds. The van der Waals surface area contributed by atoms with E-state index in [0.29, 0.717) is 18.4 Å². The van der Waals surface area contributed by atoms with Crippen molar-refractivity contribution in [3.8, 4) is 0 Å². The molecule has 1 aromatic rings. The number of rotatable bonds is 3. The molecule has 2 aliphatic carbocycles. The predicted octanol–water partition coefficient (Wildman–Crippen LogP) is 5.80. The van der Waals surface area contributed by atoms with Crippen molar-refractivity contribution in [1.29, 1.82) is 0 Å². The summed E-state index contributed by atoms with van der Waals surface area (Å²) in [5, 5.41) is 9.15. The number of fused-ring (bicyclic) bond motifs is 5. The lowest BCUT2D eigenvalue weighted by Gasteiger charge is -2.52. The quantitative estimate of drug-likeness (QED) is 0.412. The lowest BCUT2D eigenvalue weighted by Crippen LogP contribution is -2.53. The van der Waals surface area contributed by atoms with E-state index in [1.807, 2.05) is 27.7 Å². The summed E-state index contributed by atoms with van der Waals surface area (Å²) in [6.07, 6.45) is 4.48. The fraction of sp³-hybridized carbons (Fsp3) is 0.581. The Morgan fingerprint density at radius 1 is 1.14 bits per heavy atom. The van der Waals surface area contributed by atoms with E-state index in [1.54, 1.807) is 13.0 Å². The Labute approximate surface area is 219 Å². The molecule has 2 heterocycles. The summed E-state index contributed by atoms with van der Waals surface area (Å²) in [4.78, 5) is 37.5. The molecule has 0 radical (unpaired) electrons. The van der Waals surface area contributed by atoms with E-state index in [1.165, 1.54) is 6.08 Å². The van der Waals surface area contributed by atoms with Gasteiger partial charge in [-0.25, -0.2) is 9.59 Å². The zero-order valence-electron chi connectivity index (χ0n) is 23.2. The minimum Gasteiger partial charge on any atom is -0.478 e. The van der Waals surface area contributed by atoms with Crippen LogP contribution in [-0.2, 0) is 29.9 Å². The molecule has 198 valence electrons. The van der Waals surface area contributed by atoms with Crippen molar-refractivity contribution in [3.05, 3.63) is 57.7 Å². The lowest BCUT2D eigenvalue weighted by molar-refractivity contribution is -0.262. The normalized spacial score (nSPS) is 37.1. The van der Waals surface area contributed by atoms with E-state index in [2.05, 4.69) is 32.9 Å². The molecule has 1 N–H and O–H groups in total. The number of carbonyl (C=O) groups excluding carboxylic acids is 2. The van der Waals surface area contributed by atoms with Gasteiger partial charge in [0.2, 0.25) is 5.79 Å². The highest BCUT2D eigenvalue weighted by Crippen LogP contribution is 2.68. The van der Waals surface area contributed by atoms with Crippen LogP contribution in [0.25, 0.3) is 0 Å². The summed E-state index contributed by atoms with van der Waals surface area (Å²) in [5.74, 6) is -1.80. The number of carboxylic acids is 1. The van der Waals surface area contributed by atoms with Crippen molar-refractivity contribution in [2.75, 3.05) is 0 Å². The van der Waals surface area contributed by atoms with Gasteiger partial charge in [-0.1, -0.05) is 52.8 Å². The molecule has 5 rings (SSSR count). The zero-order valence-corrected chi connectivity index (χ0v) is 23.2. The number of allylic oxidation sites excluding steroid dienone is 1. The van der Waals surface area contributed by atoms with Crippen LogP contribution in [-0.4, -0.2) is 34.7 Å². The minimum absolute atomic E-state index is 0.138. The SMILES string of the molecule is CC1=C(C)[C@@]2(C[C@@H](C)[C@H]3[C@H](C[C@@]4(C)c5ccc(C(C)(C)/C=C/C(=O)O)c(C)c5C(=O)C[C@]34C)O2)OC1=O. The second-order valence-corrected chi connectivity index (χ2v) is 12.9. The lowest BCUT2D eigenvalue weighted by atomic mass is 9.52. The van der Waals surface area contributed by atoms with E-state index in [9.17, 15) is 14.4 Å². The van der Waals surface area contributed by atoms with E-state index < -0.39 is 17.2 Å². The molecule has 1 spiro atoms. The van der Waals surface area contributed by atoms with Crippen molar-refractivity contribution in [1.82, 2.24) is 0 Å². The van der Waals surface area contributed by atoms with Crippen LogP contribution in [0.3, 0.4) is 0 Å². The van der Waals surface area contributed by atoms with E-state index in [0.717, 1.165) is 34.2 Å². The summed E-state index contributed by atoms with van der Waals surface area (Å²) in [5.41, 5.74) is 4.05. The topological polar surface area (TPSA) is 89.9 Å². The number of hydrogen-bond donors (Lipinski definition) is 1. The molecule has 1 saturated heterocycles. The Morgan fingerprint density at radius 3 is 2.41 bits per heavy atom. The maximum Gasteiger partial charge on any atom is 0.336 e. The molecule has 2 aliphatic heterocycles.